The molecule has 0 saturated heterocycles. The van der Waals surface area contributed by atoms with Crippen molar-refractivity contribution in [2.75, 3.05) is 0 Å². The molecule has 0 spiro atoms. The van der Waals surface area contributed by atoms with Crippen molar-refractivity contribution < 1.29 is 23.3 Å². The van der Waals surface area contributed by atoms with Crippen molar-refractivity contribution in [3.63, 3.8) is 0 Å². The fourth-order valence-corrected chi connectivity index (χ4v) is 6.78. The van der Waals surface area contributed by atoms with Crippen molar-refractivity contribution in [1.82, 2.24) is 0 Å². The van der Waals surface area contributed by atoms with Gasteiger partial charge >= 0.3 is 30.2 Å². The predicted octanol–water partition coefficient (Wildman–Crippen LogP) is 13.6. The fraction of sp³-hybridized carbons (Fsp3) is 0.277. The quantitative estimate of drug-likeness (QED) is 0.0964. The standard InChI is InChI=1S/C24H25.C21H23.2CH3.Si.Zr/c1-24(2,3)21-13-11-18(12-14-21)22-10-6-9-19-15-20(16-23(19)22)17-7-4-5-8-17;1-14-12-19-15(2)6-11-18(20(19)13-14)16-7-9-17(10-8-16)21(3,4)5;;;;/h4-6,9-17H,7-8H2,1-3H3;6-13H,1-5H3;2*1H3;;/q4*-1;;. The molecule has 0 nitrogen and oxygen atoms in total. The van der Waals surface area contributed by atoms with Crippen LogP contribution in [-0.4, -0.2) is 6.88 Å². The molecule has 0 unspecified atom stereocenters. The molecule has 0 amide bonds. The normalized spacial score (nSPS) is 12.8. The maximum absolute atomic E-state index is 3.06. The first-order chi connectivity index (χ1) is 22.4. The van der Waals surface area contributed by atoms with Crippen LogP contribution in [0.1, 0.15) is 88.1 Å². The number of allylic oxidation sites excluding steroid dienone is 2. The third-order valence-corrected chi connectivity index (χ3v) is 9.63. The molecule has 1 aliphatic carbocycles. The summed E-state index contributed by atoms with van der Waals surface area (Å²) in [6, 6.07) is 38.7. The Hall–Kier alpha value is -3.06. The Morgan fingerprint density at radius 2 is 1.12 bits per heavy atom. The number of hydrogen-bond donors (Lipinski definition) is 0. The molecular weight excluding hydrogens is 684 g/mol. The molecule has 1 aliphatic rings. The summed E-state index contributed by atoms with van der Waals surface area (Å²) in [4.78, 5) is 0. The summed E-state index contributed by atoms with van der Waals surface area (Å²) in [5.41, 5.74) is 12.7. The summed E-state index contributed by atoms with van der Waals surface area (Å²) in [5.74, 6) is 0.675. The van der Waals surface area contributed by atoms with Crippen LogP contribution in [0, 0.1) is 28.7 Å². The SMILES string of the molecule is CC(C)(C)c1ccc(-c2cccc3[cH-]c(C4CC=CC4)cc23)cc1.Cc1cc2c(-c3ccc(C(C)(C)C)cc3)ccc(C)c2[cH-]1.[CH3-].[CH3-].[Si]=[Zr]. The Morgan fingerprint density at radius 1 is 0.612 bits per heavy atom. The van der Waals surface area contributed by atoms with Crippen molar-refractivity contribution in [2.45, 2.75) is 85.0 Å². The zero-order valence-electron chi connectivity index (χ0n) is 31.5. The van der Waals surface area contributed by atoms with Crippen LogP contribution >= 0.6 is 0 Å². The second-order valence-electron chi connectivity index (χ2n) is 15.2. The topological polar surface area (TPSA) is 0 Å². The molecule has 0 aromatic heterocycles. The van der Waals surface area contributed by atoms with E-state index in [1.807, 2.05) is 0 Å². The van der Waals surface area contributed by atoms with Crippen LogP contribution in [0.2, 0.25) is 0 Å². The van der Waals surface area contributed by atoms with Crippen LogP contribution in [0.15, 0.2) is 115 Å². The molecule has 254 valence electrons. The van der Waals surface area contributed by atoms with Gasteiger partial charge in [0.25, 0.3) is 0 Å². The predicted molar refractivity (Wildman–Crippen MR) is 217 cm³/mol. The average molecular weight is 738 g/mol. The molecule has 0 heterocycles. The summed E-state index contributed by atoms with van der Waals surface area (Å²) < 4.78 is 0. The van der Waals surface area contributed by atoms with Crippen LogP contribution in [0.3, 0.4) is 0 Å². The van der Waals surface area contributed by atoms with Crippen molar-refractivity contribution >= 4 is 28.4 Å². The molecule has 0 saturated carbocycles. The van der Waals surface area contributed by atoms with E-state index in [1.54, 1.807) is 0 Å². The average Bonchev–Trinajstić information content (AvgIpc) is 3.82. The van der Waals surface area contributed by atoms with Gasteiger partial charge in [0.05, 0.1) is 0 Å². The van der Waals surface area contributed by atoms with Gasteiger partial charge in [-0.3, -0.25) is 0 Å². The van der Waals surface area contributed by atoms with E-state index >= 15 is 0 Å². The summed E-state index contributed by atoms with van der Waals surface area (Å²) >= 11 is 1.36. The fourth-order valence-electron chi connectivity index (χ4n) is 6.78. The van der Waals surface area contributed by atoms with E-state index in [2.05, 4.69) is 178 Å². The van der Waals surface area contributed by atoms with Gasteiger partial charge in [-0.25, -0.2) is 0 Å². The molecule has 2 radical (unpaired) electrons. The third-order valence-electron chi connectivity index (χ3n) is 9.63. The molecule has 6 aromatic carbocycles. The van der Waals surface area contributed by atoms with Crippen molar-refractivity contribution in [2.24, 2.45) is 0 Å². The second kappa shape index (κ2) is 16.8. The number of hydrogen-bond acceptors (Lipinski definition) is 0. The maximum atomic E-state index is 3.06. The Kier molecular flexibility index (Phi) is 13.8. The molecule has 6 aromatic rings. The molecule has 49 heavy (non-hydrogen) atoms. The van der Waals surface area contributed by atoms with E-state index in [0.29, 0.717) is 5.92 Å². The number of fused-ring (bicyclic) bond motifs is 2. The zero-order valence-corrected chi connectivity index (χ0v) is 34.9. The van der Waals surface area contributed by atoms with Gasteiger partial charge in [-0.1, -0.05) is 139 Å². The summed E-state index contributed by atoms with van der Waals surface area (Å²) in [7, 11) is 0. The molecule has 0 atom stereocenters. The second-order valence-corrected chi connectivity index (χ2v) is 15.2. The van der Waals surface area contributed by atoms with Crippen molar-refractivity contribution in [3.8, 4) is 22.3 Å². The van der Waals surface area contributed by atoms with Gasteiger partial charge in [0.2, 0.25) is 0 Å². The Bertz CT molecular complexity index is 1980. The van der Waals surface area contributed by atoms with Gasteiger partial charge in [0.15, 0.2) is 0 Å². The Labute approximate surface area is 315 Å². The minimum absolute atomic E-state index is 0. The van der Waals surface area contributed by atoms with E-state index in [4.69, 9.17) is 0 Å². The molecule has 0 bridgehead atoms. The van der Waals surface area contributed by atoms with Gasteiger partial charge in [-0.05, 0) is 51.8 Å². The van der Waals surface area contributed by atoms with Gasteiger partial charge in [0, 0.05) is 0 Å². The van der Waals surface area contributed by atoms with Gasteiger partial charge in [0.1, 0.15) is 0 Å². The first-order valence-electron chi connectivity index (χ1n) is 16.9. The van der Waals surface area contributed by atoms with E-state index in [0.717, 1.165) is 0 Å². The molecule has 7 rings (SSSR count). The zero-order chi connectivity index (χ0) is 33.9. The summed E-state index contributed by atoms with van der Waals surface area (Å²) in [6.45, 7) is 21.0. The Morgan fingerprint density at radius 3 is 1.63 bits per heavy atom. The van der Waals surface area contributed by atoms with Crippen LogP contribution in [0.4, 0.5) is 0 Å². The summed E-state index contributed by atoms with van der Waals surface area (Å²) in [5, 5.41) is 5.51. The van der Waals surface area contributed by atoms with Crippen molar-refractivity contribution in [3.05, 3.63) is 158 Å². The van der Waals surface area contributed by atoms with E-state index in [-0.39, 0.29) is 25.7 Å². The van der Waals surface area contributed by atoms with E-state index in [1.165, 1.54) is 108 Å². The summed E-state index contributed by atoms with van der Waals surface area (Å²) in [6.07, 6.45) is 7.00. The molecule has 0 N–H and O–H groups in total. The van der Waals surface area contributed by atoms with Crippen LogP contribution < -0.4 is 0 Å². The van der Waals surface area contributed by atoms with Gasteiger partial charge < -0.3 is 14.9 Å². The number of benzene rings is 4. The Balaban J connectivity index is 0.000000245. The molecule has 0 aliphatic heterocycles. The first-order valence-corrected chi connectivity index (χ1v) is 21.0. The minimum atomic E-state index is 0. The van der Waals surface area contributed by atoms with Crippen LogP contribution in [0.5, 0.6) is 0 Å². The van der Waals surface area contributed by atoms with Crippen molar-refractivity contribution in [1.29, 1.82) is 0 Å². The number of rotatable bonds is 3. The molecule has 0 fully saturated rings. The van der Waals surface area contributed by atoms with E-state index < -0.39 is 0 Å². The third kappa shape index (κ3) is 9.19. The van der Waals surface area contributed by atoms with Gasteiger partial charge in [-0.2, -0.15) is 12.1 Å². The van der Waals surface area contributed by atoms with Crippen LogP contribution in [0.25, 0.3) is 43.8 Å². The van der Waals surface area contributed by atoms with E-state index in [9.17, 15) is 0 Å². The van der Waals surface area contributed by atoms with Crippen LogP contribution in [-0.2, 0) is 34.2 Å². The molecule has 2 heteroatoms. The number of aryl methyl sites for hydroxylation is 2. The van der Waals surface area contributed by atoms with Gasteiger partial charge in [-0.15, -0.1) is 68.6 Å². The monoisotopic (exact) mass is 736 g/mol. The first kappa shape index (κ1) is 40.4. The molecular formula is C47H54SiZr-4.